The van der Waals surface area contributed by atoms with Crippen molar-refractivity contribution in [3.8, 4) is 0 Å². The van der Waals surface area contributed by atoms with Crippen LogP contribution < -0.4 is 0 Å². The van der Waals surface area contributed by atoms with Crippen LogP contribution in [0.5, 0.6) is 0 Å². The molecule has 100 heavy (non-hydrogen) atoms. The van der Waals surface area contributed by atoms with Crippen LogP contribution in [0.1, 0.15) is 421 Å². The Morgan fingerprint density at radius 2 is 0.510 bits per heavy atom. The Morgan fingerprint density at radius 3 is 0.760 bits per heavy atom. The highest BCUT2D eigenvalue weighted by molar-refractivity contribution is 7.47. The first-order valence-corrected chi connectivity index (χ1v) is 44.9. The van der Waals surface area contributed by atoms with Gasteiger partial charge in [0, 0.05) is 25.7 Å². The molecule has 0 aliphatic carbocycles. The van der Waals surface area contributed by atoms with Gasteiger partial charge in [-0.1, -0.05) is 370 Å². The van der Waals surface area contributed by atoms with Gasteiger partial charge in [-0.15, -0.1) is 0 Å². The summed E-state index contributed by atoms with van der Waals surface area (Å²) in [5.74, 6) is 0.225. The van der Waals surface area contributed by atoms with Gasteiger partial charge >= 0.3 is 39.5 Å². The van der Waals surface area contributed by atoms with Crippen molar-refractivity contribution in [2.24, 2.45) is 17.8 Å². The third-order valence-electron chi connectivity index (χ3n) is 19.6. The first-order chi connectivity index (χ1) is 48.3. The van der Waals surface area contributed by atoms with Gasteiger partial charge < -0.3 is 33.8 Å². The van der Waals surface area contributed by atoms with Crippen LogP contribution in [0.25, 0.3) is 0 Å². The van der Waals surface area contributed by atoms with Crippen molar-refractivity contribution < 1.29 is 80.2 Å². The van der Waals surface area contributed by atoms with Crippen LogP contribution in [0, 0.1) is 17.8 Å². The third-order valence-corrected chi connectivity index (χ3v) is 21.5. The van der Waals surface area contributed by atoms with E-state index in [1.165, 1.54) is 231 Å². The van der Waals surface area contributed by atoms with Crippen molar-refractivity contribution >= 4 is 39.5 Å². The highest BCUT2D eigenvalue weighted by atomic mass is 31.2. The number of carbonyl (C=O) groups is 4. The summed E-state index contributed by atoms with van der Waals surface area (Å²) in [6.07, 6.45) is 59.6. The van der Waals surface area contributed by atoms with Crippen molar-refractivity contribution in [3.05, 3.63) is 0 Å². The molecule has 0 saturated carbocycles. The molecule has 0 saturated heterocycles. The lowest BCUT2D eigenvalue weighted by Gasteiger charge is -2.21. The molecule has 0 aromatic rings. The lowest BCUT2D eigenvalue weighted by Crippen LogP contribution is -2.30. The summed E-state index contributed by atoms with van der Waals surface area (Å²) in [5.41, 5.74) is 0. The quantitative estimate of drug-likeness (QED) is 0.0222. The van der Waals surface area contributed by atoms with Crippen LogP contribution in [0.3, 0.4) is 0 Å². The fourth-order valence-corrected chi connectivity index (χ4v) is 14.0. The molecule has 0 aliphatic heterocycles. The van der Waals surface area contributed by atoms with Gasteiger partial charge in [0.25, 0.3) is 0 Å². The molecule has 0 aromatic heterocycles. The number of carbonyl (C=O) groups excluding carboxylic acids is 4. The number of ether oxygens (including phenoxy) is 4. The van der Waals surface area contributed by atoms with E-state index in [4.69, 9.17) is 37.0 Å². The fraction of sp³-hybridized carbons (Fsp3) is 0.951. The minimum absolute atomic E-state index is 0.105. The van der Waals surface area contributed by atoms with Crippen molar-refractivity contribution in [3.63, 3.8) is 0 Å². The Balaban J connectivity index is 5.25. The second kappa shape index (κ2) is 71.3. The van der Waals surface area contributed by atoms with Crippen LogP contribution in [0.4, 0.5) is 0 Å². The van der Waals surface area contributed by atoms with Gasteiger partial charge in [-0.05, 0) is 43.4 Å². The number of phosphoric ester groups is 2. The standard InChI is InChI=1S/C81H158O17P2/c1-8-11-12-13-14-15-16-17-18-19-20-21-22-23-26-30-33-43-50-57-64-80(85)97-76(68-91-78(83)62-55-48-41-32-29-27-24-25-28-31-38-45-52-59-72(4)5)70-95-99(87,88)93-66-75(82)67-94-100(89,90)96-71-77(98-81(86)65-58-51-44-37-35-40-47-54-61-74(7)10-3)69-92-79(84)63-56-49-42-36-34-39-46-53-60-73(6)9-2/h72-77,82H,8-71H2,1-7H3,(H,87,88)(H,89,90)/t73?,74?,75-,76-,77-/m1/s1. The highest BCUT2D eigenvalue weighted by Gasteiger charge is 2.30. The van der Waals surface area contributed by atoms with Crippen LogP contribution in [-0.2, 0) is 65.4 Å². The minimum Gasteiger partial charge on any atom is -0.462 e. The number of hydrogen-bond donors (Lipinski definition) is 3. The Hall–Kier alpha value is -1.94. The van der Waals surface area contributed by atoms with Crippen molar-refractivity contribution in [1.29, 1.82) is 0 Å². The summed E-state index contributed by atoms with van der Waals surface area (Å²) in [6, 6.07) is 0. The molecule has 0 aromatic carbocycles. The molecule has 0 fully saturated rings. The zero-order valence-electron chi connectivity index (χ0n) is 65.7. The molecule has 594 valence electrons. The van der Waals surface area contributed by atoms with Gasteiger partial charge in [-0.2, -0.15) is 0 Å². The van der Waals surface area contributed by atoms with Gasteiger partial charge in [0.1, 0.15) is 19.3 Å². The average molecular weight is 1470 g/mol. The van der Waals surface area contributed by atoms with E-state index in [1.807, 2.05) is 0 Å². The highest BCUT2D eigenvalue weighted by Crippen LogP contribution is 2.45. The Morgan fingerprint density at radius 1 is 0.290 bits per heavy atom. The summed E-state index contributed by atoms with van der Waals surface area (Å²) < 4.78 is 68.7. The van der Waals surface area contributed by atoms with Gasteiger partial charge in [-0.25, -0.2) is 9.13 Å². The topological polar surface area (TPSA) is 237 Å². The summed E-state index contributed by atoms with van der Waals surface area (Å²) >= 11 is 0. The maximum atomic E-state index is 13.1. The second-order valence-electron chi connectivity index (χ2n) is 30.1. The number of hydrogen-bond acceptors (Lipinski definition) is 15. The molecule has 19 heteroatoms. The van der Waals surface area contributed by atoms with Gasteiger partial charge in [0.05, 0.1) is 26.4 Å². The molecule has 7 atom stereocenters. The van der Waals surface area contributed by atoms with Crippen LogP contribution in [0.15, 0.2) is 0 Å². The SMILES string of the molecule is CCCCCCCCCCCCCCCCCCCCCCC(=O)O[C@H](COC(=O)CCCCCCCCCCCCCCCC(C)C)COP(=O)(O)OC[C@@H](O)COP(=O)(O)OC[C@@H](COC(=O)CCCCCCCCCCC(C)CC)OC(=O)CCCCCCCCCCC(C)CC. The second-order valence-corrected chi connectivity index (χ2v) is 33.0. The first kappa shape index (κ1) is 98.1. The predicted octanol–water partition coefficient (Wildman–Crippen LogP) is 24.1. The Kier molecular flexibility index (Phi) is 69.9. The van der Waals surface area contributed by atoms with E-state index < -0.39 is 97.5 Å². The van der Waals surface area contributed by atoms with Crippen LogP contribution in [-0.4, -0.2) is 96.7 Å². The predicted molar refractivity (Wildman–Crippen MR) is 409 cm³/mol. The maximum absolute atomic E-state index is 13.1. The summed E-state index contributed by atoms with van der Waals surface area (Å²) in [4.78, 5) is 73.0. The number of esters is 4. The molecule has 3 N–H and O–H groups in total. The number of aliphatic hydroxyl groups excluding tert-OH is 1. The molecule has 0 bridgehead atoms. The Bertz CT molecular complexity index is 1940. The Labute approximate surface area is 613 Å². The lowest BCUT2D eigenvalue weighted by atomic mass is 9.99. The zero-order valence-corrected chi connectivity index (χ0v) is 67.5. The van der Waals surface area contributed by atoms with Crippen molar-refractivity contribution in [2.75, 3.05) is 39.6 Å². The lowest BCUT2D eigenvalue weighted by molar-refractivity contribution is -0.161. The maximum Gasteiger partial charge on any atom is 0.472 e. The van der Waals surface area contributed by atoms with Gasteiger partial charge in [-0.3, -0.25) is 37.3 Å². The van der Waals surface area contributed by atoms with Crippen molar-refractivity contribution in [2.45, 2.75) is 439 Å². The molecule has 0 heterocycles. The summed E-state index contributed by atoms with van der Waals surface area (Å²) in [6.45, 7) is 12.0. The van der Waals surface area contributed by atoms with E-state index in [1.54, 1.807) is 0 Å². The first-order valence-electron chi connectivity index (χ1n) is 41.9. The normalized spacial score (nSPS) is 14.5. The average Bonchev–Trinajstić information content (AvgIpc) is 0.920. The number of rotatable bonds is 79. The molecule has 0 aliphatic rings. The van der Waals surface area contributed by atoms with E-state index in [0.717, 1.165) is 108 Å². The van der Waals surface area contributed by atoms with E-state index >= 15 is 0 Å². The summed E-state index contributed by atoms with van der Waals surface area (Å²) in [5, 5.41) is 10.6. The van der Waals surface area contributed by atoms with Gasteiger partial charge in [0.2, 0.25) is 0 Å². The molecule has 0 rings (SSSR count). The van der Waals surface area contributed by atoms with E-state index in [-0.39, 0.29) is 25.7 Å². The van der Waals surface area contributed by atoms with Crippen LogP contribution in [0.2, 0.25) is 0 Å². The third kappa shape index (κ3) is 71.7. The number of unbranched alkanes of at least 4 members (excludes halogenated alkanes) is 45. The molecule has 0 amide bonds. The van der Waals surface area contributed by atoms with E-state index in [2.05, 4.69) is 48.5 Å². The molecular formula is C81H158O17P2. The van der Waals surface area contributed by atoms with E-state index in [0.29, 0.717) is 25.7 Å². The molecular weight excluding hydrogens is 1310 g/mol. The number of phosphoric acid groups is 2. The molecule has 17 nitrogen and oxygen atoms in total. The van der Waals surface area contributed by atoms with E-state index in [9.17, 15) is 43.2 Å². The minimum atomic E-state index is -4.96. The van der Waals surface area contributed by atoms with Gasteiger partial charge in [0.15, 0.2) is 12.2 Å². The molecule has 0 spiro atoms. The fourth-order valence-electron chi connectivity index (χ4n) is 12.4. The summed E-state index contributed by atoms with van der Waals surface area (Å²) in [7, 11) is -9.92. The largest absolute Gasteiger partial charge is 0.472 e. The molecule has 0 radical (unpaired) electrons. The molecule has 4 unspecified atom stereocenters. The monoisotopic (exact) mass is 1470 g/mol. The smallest absolute Gasteiger partial charge is 0.462 e. The number of aliphatic hydroxyl groups is 1. The van der Waals surface area contributed by atoms with Crippen LogP contribution >= 0.6 is 15.6 Å². The van der Waals surface area contributed by atoms with Crippen molar-refractivity contribution in [1.82, 2.24) is 0 Å². The zero-order chi connectivity index (χ0) is 73.7.